The molecule has 0 fully saturated rings. The summed E-state index contributed by atoms with van der Waals surface area (Å²) >= 11 is 1.74. The van der Waals surface area contributed by atoms with E-state index in [1.807, 2.05) is 18.4 Å². The van der Waals surface area contributed by atoms with Crippen LogP contribution in [0.5, 0.6) is 0 Å². The van der Waals surface area contributed by atoms with Crippen LogP contribution in [0.1, 0.15) is 0 Å². The van der Waals surface area contributed by atoms with Gasteiger partial charge in [0.15, 0.2) is 0 Å². The topological polar surface area (TPSA) is 9.72 Å². The smallest absolute Gasteiger partial charge is 0.0969 e. The fraction of sp³-hybridized carbons (Fsp3) is 0.0909. The summed E-state index contributed by atoms with van der Waals surface area (Å²) in [6.07, 6.45) is 16.6. The van der Waals surface area contributed by atoms with E-state index in [2.05, 4.69) is 51.2 Å². The van der Waals surface area contributed by atoms with Gasteiger partial charge in [-0.15, -0.1) is 0 Å². The van der Waals surface area contributed by atoms with Crippen LogP contribution in [0.25, 0.3) is 0 Å². The van der Waals surface area contributed by atoms with Gasteiger partial charge in [0.2, 0.25) is 0 Å². The maximum Gasteiger partial charge on any atom is 0.0969 e. The minimum atomic E-state index is 0.912. The van der Waals surface area contributed by atoms with Gasteiger partial charge in [0.05, 0.1) is 11.6 Å². The molecular weight excluding hydrogens is 206 g/mol. The third kappa shape index (κ3) is 1.47. The Balaban J connectivity index is 1.98. The minimum absolute atomic E-state index is 0.912. The van der Waals surface area contributed by atoms with Crippen molar-refractivity contribution in [1.82, 2.24) is 15.1 Å². The second kappa shape index (κ2) is 3.55. The number of hydrogen-bond donors (Lipinski definition) is 0. The van der Waals surface area contributed by atoms with Crippen LogP contribution in [-0.2, 0) is 0 Å². The number of hydrazine groups is 2. The van der Waals surface area contributed by atoms with Gasteiger partial charge in [0, 0.05) is 18.6 Å². The van der Waals surface area contributed by atoms with E-state index in [1.54, 1.807) is 11.8 Å². The van der Waals surface area contributed by atoms with E-state index >= 15 is 0 Å². The molecule has 0 saturated carbocycles. The SMILES string of the molecule is C1=CCN2C(=C1)SC=CN1C=CC=CN12. The van der Waals surface area contributed by atoms with Gasteiger partial charge >= 0.3 is 0 Å². The molecule has 0 aliphatic carbocycles. The van der Waals surface area contributed by atoms with E-state index in [4.69, 9.17) is 0 Å². The third-order valence-electron chi connectivity index (χ3n) is 2.36. The van der Waals surface area contributed by atoms with E-state index in [0.29, 0.717) is 0 Å². The number of rotatable bonds is 0. The van der Waals surface area contributed by atoms with Gasteiger partial charge in [-0.25, -0.2) is 5.01 Å². The standard InChI is InChI=1S/C11H11N3S/c1-2-7-13-11(5-1)15-10-9-12-6-3-4-8-14(12)13/h1-6,8-10H,7H2. The van der Waals surface area contributed by atoms with Crippen LogP contribution in [0.15, 0.2) is 59.4 Å². The molecule has 3 nitrogen and oxygen atoms in total. The summed E-state index contributed by atoms with van der Waals surface area (Å²) in [5, 5.41) is 9.74. The summed E-state index contributed by atoms with van der Waals surface area (Å²) in [6, 6.07) is 0. The van der Waals surface area contributed by atoms with Crippen LogP contribution in [0.3, 0.4) is 0 Å². The van der Waals surface area contributed by atoms with Crippen LogP contribution in [-0.4, -0.2) is 21.7 Å². The normalized spacial score (nSPS) is 22.4. The molecule has 0 N–H and O–H groups in total. The van der Waals surface area contributed by atoms with E-state index in [1.165, 1.54) is 5.03 Å². The number of thioether (sulfide) groups is 1. The fourth-order valence-electron chi connectivity index (χ4n) is 1.67. The quantitative estimate of drug-likeness (QED) is 0.616. The Morgan fingerprint density at radius 3 is 3.00 bits per heavy atom. The van der Waals surface area contributed by atoms with E-state index in [-0.39, 0.29) is 0 Å². The highest BCUT2D eigenvalue weighted by Gasteiger charge is 2.22. The van der Waals surface area contributed by atoms with Crippen molar-refractivity contribution in [3.05, 3.63) is 59.4 Å². The molecule has 0 saturated heterocycles. The van der Waals surface area contributed by atoms with Crippen molar-refractivity contribution >= 4 is 11.8 Å². The van der Waals surface area contributed by atoms with Crippen molar-refractivity contribution in [3.63, 3.8) is 0 Å². The molecule has 3 heterocycles. The largest absolute Gasteiger partial charge is 0.256 e. The van der Waals surface area contributed by atoms with Gasteiger partial charge in [0.1, 0.15) is 0 Å². The molecule has 4 heteroatoms. The molecule has 0 aromatic carbocycles. The zero-order chi connectivity index (χ0) is 10.1. The Morgan fingerprint density at radius 2 is 2.00 bits per heavy atom. The average Bonchev–Trinajstić information content (AvgIpc) is 2.48. The lowest BCUT2D eigenvalue weighted by Crippen LogP contribution is -2.45. The van der Waals surface area contributed by atoms with Crippen LogP contribution in [0, 0.1) is 0 Å². The first kappa shape index (κ1) is 8.73. The predicted molar refractivity (Wildman–Crippen MR) is 62.6 cm³/mol. The molecule has 3 aliphatic rings. The average molecular weight is 217 g/mol. The van der Waals surface area contributed by atoms with Gasteiger partial charge in [0.25, 0.3) is 0 Å². The predicted octanol–water partition coefficient (Wildman–Crippen LogP) is 2.39. The Hall–Kier alpha value is -1.55. The van der Waals surface area contributed by atoms with Crippen molar-refractivity contribution in [2.75, 3.05) is 6.54 Å². The molecule has 0 spiro atoms. The molecule has 0 aromatic heterocycles. The van der Waals surface area contributed by atoms with Gasteiger partial charge in [-0.3, -0.25) is 5.01 Å². The maximum absolute atomic E-state index is 2.23. The molecule has 15 heavy (non-hydrogen) atoms. The van der Waals surface area contributed by atoms with Crippen LogP contribution in [0.2, 0.25) is 0 Å². The number of allylic oxidation sites excluding steroid dienone is 4. The molecule has 3 aliphatic heterocycles. The van der Waals surface area contributed by atoms with Gasteiger partial charge < -0.3 is 0 Å². The lowest BCUT2D eigenvalue weighted by molar-refractivity contribution is -0.0564. The fourth-order valence-corrected chi connectivity index (χ4v) is 2.43. The van der Waals surface area contributed by atoms with Crippen molar-refractivity contribution in [1.29, 1.82) is 0 Å². The summed E-state index contributed by atoms with van der Waals surface area (Å²) < 4.78 is 0. The summed E-state index contributed by atoms with van der Waals surface area (Å²) in [5.74, 6) is 0. The Kier molecular flexibility index (Phi) is 2.07. The van der Waals surface area contributed by atoms with Gasteiger partial charge in [-0.05, 0) is 23.6 Å². The highest BCUT2D eigenvalue weighted by molar-refractivity contribution is 8.05. The summed E-state index contributed by atoms with van der Waals surface area (Å²) in [5.41, 5.74) is 0. The van der Waals surface area contributed by atoms with E-state index < -0.39 is 0 Å². The highest BCUT2D eigenvalue weighted by atomic mass is 32.2. The number of fused-ring (bicyclic) bond motifs is 3. The molecule has 0 radical (unpaired) electrons. The first-order chi connectivity index (χ1) is 7.45. The summed E-state index contributed by atoms with van der Waals surface area (Å²) in [4.78, 5) is 0. The van der Waals surface area contributed by atoms with Gasteiger partial charge in [-0.2, -0.15) is 5.12 Å². The number of hydrogen-bond acceptors (Lipinski definition) is 4. The van der Waals surface area contributed by atoms with Crippen LogP contribution in [0.4, 0.5) is 0 Å². The molecule has 0 atom stereocenters. The first-order valence-corrected chi connectivity index (χ1v) is 5.73. The van der Waals surface area contributed by atoms with Crippen molar-refractivity contribution in [3.8, 4) is 0 Å². The molecule has 0 unspecified atom stereocenters. The zero-order valence-corrected chi connectivity index (χ0v) is 8.97. The van der Waals surface area contributed by atoms with Crippen LogP contribution < -0.4 is 0 Å². The lowest BCUT2D eigenvalue weighted by atomic mass is 10.4. The van der Waals surface area contributed by atoms with E-state index in [0.717, 1.165) is 6.54 Å². The van der Waals surface area contributed by atoms with Crippen molar-refractivity contribution < 1.29 is 0 Å². The maximum atomic E-state index is 2.23. The molecule has 76 valence electrons. The monoisotopic (exact) mass is 217 g/mol. The highest BCUT2D eigenvalue weighted by Crippen LogP contribution is 2.30. The van der Waals surface area contributed by atoms with Crippen molar-refractivity contribution in [2.24, 2.45) is 0 Å². The summed E-state index contributed by atoms with van der Waals surface area (Å²) in [6.45, 7) is 0.912. The Labute approximate surface area is 93.3 Å². The van der Waals surface area contributed by atoms with Crippen molar-refractivity contribution in [2.45, 2.75) is 0 Å². The molecule has 0 aromatic rings. The van der Waals surface area contributed by atoms with Crippen LogP contribution >= 0.6 is 11.8 Å². The first-order valence-electron chi connectivity index (χ1n) is 4.85. The molecule has 0 amide bonds. The lowest BCUT2D eigenvalue weighted by Gasteiger charge is -2.40. The molecule has 0 bridgehead atoms. The molecule has 3 rings (SSSR count). The minimum Gasteiger partial charge on any atom is -0.256 e. The summed E-state index contributed by atoms with van der Waals surface area (Å²) in [7, 11) is 0. The Morgan fingerprint density at radius 1 is 1.07 bits per heavy atom. The van der Waals surface area contributed by atoms with Gasteiger partial charge in [-0.1, -0.05) is 23.9 Å². The van der Waals surface area contributed by atoms with E-state index in [9.17, 15) is 0 Å². The number of nitrogens with zero attached hydrogens (tertiary/aromatic N) is 3. The zero-order valence-electron chi connectivity index (χ0n) is 8.15. The second-order valence-corrected chi connectivity index (χ2v) is 4.23. The molecular formula is C11H11N3S. The third-order valence-corrected chi connectivity index (χ3v) is 3.21. The second-order valence-electron chi connectivity index (χ2n) is 3.30. The Bertz CT molecular complexity index is 406.